The Balaban J connectivity index is 2.28. The number of aryl methyl sites for hydroxylation is 2. The van der Waals surface area contributed by atoms with Gasteiger partial charge in [-0.15, -0.1) is 0 Å². The summed E-state index contributed by atoms with van der Waals surface area (Å²) < 4.78 is 0.781. The summed E-state index contributed by atoms with van der Waals surface area (Å²) in [7, 11) is 0. The SMILES string of the molecule is Ic1ncc2c(n1)-c1[nH]ncc1CC2. The van der Waals surface area contributed by atoms with Gasteiger partial charge in [-0.2, -0.15) is 5.10 Å². The van der Waals surface area contributed by atoms with Gasteiger partial charge in [-0.05, 0) is 24.0 Å². The van der Waals surface area contributed by atoms with Crippen LogP contribution in [0.2, 0.25) is 0 Å². The fourth-order valence-electron chi connectivity index (χ4n) is 1.76. The smallest absolute Gasteiger partial charge is 0.191 e. The molecule has 0 unspecified atom stereocenters. The summed E-state index contributed by atoms with van der Waals surface area (Å²) >= 11 is 2.13. The number of nitrogens with zero attached hydrogens (tertiary/aromatic N) is 3. The van der Waals surface area contributed by atoms with Gasteiger partial charge in [0, 0.05) is 28.8 Å². The van der Waals surface area contributed by atoms with Crippen LogP contribution < -0.4 is 0 Å². The monoisotopic (exact) mass is 298 g/mol. The average molecular weight is 298 g/mol. The van der Waals surface area contributed by atoms with Crippen molar-refractivity contribution in [3.63, 3.8) is 0 Å². The van der Waals surface area contributed by atoms with E-state index in [2.05, 4.69) is 42.8 Å². The maximum Gasteiger partial charge on any atom is 0.191 e. The zero-order valence-electron chi connectivity index (χ0n) is 7.29. The van der Waals surface area contributed by atoms with Gasteiger partial charge in [0.2, 0.25) is 0 Å². The number of nitrogens with one attached hydrogen (secondary N) is 1. The van der Waals surface area contributed by atoms with E-state index in [0.717, 1.165) is 28.1 Å². The minimum atomic E-state index is 0.781. The van der Waals surface area contributed by atoms with Crippen LogP contribution in [0.3, 0.4) is 0 Å². The van der Waals surface area contributed by atoms with Crippen LogP contribution in [-0.4, -0.2) is 20.2 Å². The molecule has 14 heavy (non-hydrogen) atoms. The first-order valence-corrected chi connectivity index (χ1v) is 5.46. The standard InChI is InChI=1S/C9H7IN4/c10-9-11-3-5-1-2-6-4-12-14-8(6)7(5)13-9/h3-4H,1-2H2,(H,12,14). The summed E-state index contributed by atoms with van der Waals surface area (Å²) in [6.45, 7) is 0. The molecule has 2 heterocycles. The van der Waals surface area contributed by atoms with Crippen molar-refractivity contribution < 1.29 is 0 Å². The van der Waals surface area contributed by atoms with Gasteiger partial charge in [-0.3, -0.25) is 5.10 Å². The predicted molar refractivity (Wildman–Crippen MR) is 59.7 cm³/mol. The van der Waals surface area contributed by atoms with E-state index in [1.54, 1.807) is 0 Å². The highest BCUT2D eigenvalue weighted by molar-refractivity contribution is 14.1. The highest BCUT2D eigenvalue weighted by Gasteiger charge is 2.19. The van der Waals surface area contributed by atoms with Crippen LogP contribution in [0.4, 0.5) is 0 Å². The fraction of sp³-hybridized carbons (Fsp3) is 0.222. The zero-order valence-corrected chi connectivity index (χ0v) is 9.45. The first-order valence-electron chi connectivity index (χ1n) is 4.38. The van der Waals surface area contributed by atoms with E-state index in [1.807, 2.05) is 12.4 Å². The molecule has 0 fully saturated rings. The normalized spacial score (nSPS) is 13.5. The van der Waals surface area contributed by atoms with E-state index >= 15 is 0 Å². The molecule has 2 aromatic heterocycles. The Kier molecular flexibility index (Phi) is 1.79. The lowest BCUT2D eigenvalue weighted by atomic mass is 9.96. The Labute approximate surface area is 94.3 Å². The molecule has 0 atom stereocenters. The third kappa shape index (κ3) is 1.15. The second-order valence-corrected chi connectivity index (χ2v) is 4.25. The number of H-pyrrole nitrogens is 1. The highest BCUT2D eigenvalue weighted by Crippen LogP contribution is 2.29. The zero-order chi connectivity index (χ0) is 9.54. The second-order valence-electron chi connectivity index (χ2n) is 3.28. The Morgan fingerprint density at radius 1 is 1.21 bits per heavy atom. The first kappa shape index (κ1) is 8.34. The van der Waals surface area contributed by atoms with Gasteiger partial charge in [0.1, 0.15) is 0 Å². The Morgan fingerprint density at radius 2 is 2.07 bits per heavy atom. The molecule has 4 nitrogen and oxygen atoms in total. The van der Waals surface area contributed by atoms with Gasteiger partial charge in [0.15, 0.2) is 3.83 Å². The molecule has 0 spiro atoms. The molecule has 0 aliphatic heterocycles. The van der Waals surface area contributed by atoms with E-state index in [-0.39, 0.29) is 0 Å². The third-order valence-corrected chi connectivity index (χ3v) is 2.97. The summed E-state index contributed by atoms with van der Waals surface area (Å²) in [5.74, 6) is 0. The first-order chi connectivity index (χ1) is 6.84. The molecule has 0 radical (unpaired) electrons. The number of fused-ring (bicyclic) bond motifs is 3. The molecule has 0 amide bonds. The van der Waals surface area contributed by atoms with E-state index in [9.17, 15) is 0 Å². The highest BCUT2D eigenvalue weighted by atomic mass is 127. The quantitative estimate of drug-likeness (QED) is 0.593. The van der Waals surface area contributed by atoms with E-state index in [0.29, 0.717) is 0 Å². The molecule has 1 aliphatic carbocycles. The molecular weight excluding hydrogens is 291 g/mol. The van der Waals surface area contributed by atoms with Crippen LogP contribution in [0, 0.1) is 3.83 Å². The van der Waals surface area contributed by atoms with Crippen molar-refractivity contribution in [1.29, 1.82) is 0 Å². The third-order valence-electron chi connectivity index (χ3n) is 2.45. The Morgan fingerprint density at radius 3 is 3.00 bits per heavy atom. The maximum atomic E-state index is 4.43. The van der Waals surface area contributed by atoms with Gasteiger partial charge in [0.05, 0.1) is 17.6 Å². The number of hydrogen-bond acceptors (Lipinski definition) is 3. The summed E-state index contributed by atoms with van der Waals surface area (Å²) in [4.78, 5) is 8.62. The van der Waals surface area contributed by atoms with Crippen LogP contribution in [0.5, 0.6) is 0 Å². The Hall–Kier alpha value is -0.980. The molecule has 0 bridgehead atoms. The van der Waals surface area contributed by atoms with Crippen LogP contribution >= 0.6 is 22.6 Å². The minimum Gasteiger partial charge on any atom is -0.276 e. The van der Waals surface area contributed by atoms with Crippen molar-refractivity contribution in [1.82, 2.24) is 20.2 Å². The van der Waals surface area contributed by atoms with Gasteiger partial charge < -0.3 is 0 Å². The molecule has 2 aromatic rings. The van der Waals surface area contributed by atoms with Gasteiger partial charge in [-0.25, -0.2) is 9.97 Å². The van der Waals surface area contributed by atoms with Crippen LogP contribution in [0.15, 0.2) is 12.4 Å². The molecule has 0 saturated heterocycles. The Bertz CT molecular complexity index is 491. The lowest BCUT2D eigenvalue weighted by molar-refractivity contribution is 0.900. The number of aromatic amines is 1. The number of aromatic nitrogens is 4. The lowest BCUT2D eigenvalue weighted by Crippen LogP contribution is -2.06. The van der Waals surface area contributed by atoms with Crippen molar-refractivity contribution in [3.8, 4) is 11.4 Å². The molecule has 3 rings (SSSR count). The summed E-state index contributed by atoms with van der Waals surface area (Å²) in [5, 5.41) is 7.04. The molecule has 1 aliphatic rings. The largest absolute Gasteiger partial charge is 0.276 e. The van der Waals surface area contributed by atoms with E-state index in [4.69, 9.17) is 0 Å². The molecule has 0 saturated carbocycles. The van der Waals surface area contributed by atoms with Crippen molar-refractivity contribution in [2.75, 3.05) is 0 Å². The predicted octanol–water partition coefficient (Wildman–Crippen LogP) is 1.57. The van der Waals surface area contributed by atoms with Crippen molar-refractivity contribution in [3.05, 3.63) is 27.4 Å². The average Bonchev–Trinajstić information content (AvgIpc) is 2.65. The minimum absolute atomic E-state index is 0.781. The number of hydrogen-bond donors (Lipinski definition) is 1. The van der Waals surface area contributed by atoms with Crippen LogP contribution in [0.25, 0.3) is 11.4 Å². The fourth-order valence-corrected chi connectivity index (χ4v) is 2.14. The lowest BCUT2D eigenvalue weighted by Gasteiger charge is -2.13. The number of halogens is 1. The summed E-state index contributed by atoms with van der Waals surface area (Å²) in [5.41, 5.74) is 4.55. The van der Waals surface area contributed by atoms with Gasteiger partial charge in [-0.1, -0.05) is 0 Å². The van der Waals surface area contributed by atoms with E-state index in [1.165, 1.54) is 11.1 Å². The molecular formula is C9H7IN4. The van der Waals surface area contributed by atoms with Gasteiger partial charge >= 0.3 is 0 Å². The second kappa shape index (κ2) is 3.01. The molecule has 5 heteroatoms. The van der Waals surface area contributed by atoms with Crippen LogP contribution in [0.1, 0.15) is 11.1 Å². The molecule has 70 valence electrons. The van der Waals surface area contributed by atoms with E-state index < -0.39 is 0 Å². The van der Waals surface area contributed by atoms with Gasteiger partial charge in [0.25, 0.3) is 0 Å². The summed E-state index contributed by atoms with van der Waals surface area (Å²) in [6, 6.07) is 0. The summed E-state index contributed by atoms with van der Waals surface area (Å²) in [6.07, 6.45) is 5.84. The topological polar surface area (TPSA) is 54.5 Å². The van der Waals surface area contributed by atoms with Crippen molar-refractivity contribution in [2.24, 2.45) is 0 Å². The van der Waals surface area contributed by atoms with Crippen LogP contribution in [-0.2, 0) is 12.8 Å². The van der Waals surface area contributed by atoms with Crippen molar-refractivity contribution in [2.45, 2.75) is 12.8 Å². The molecule has 0 aromatic carbocycles. The number of rotatable bonds is 0. The van der Waals surface area contributed by atoms with Crippen molar-refractivity contribution >= 4 is 22.6 Å². The maximum absolute atomic E-state index is 4.43. The molecule has 1 N–H and O–H groups in total.